The third-order valence-corrected chi connectivity index (χ3v) is 1.30. The molecular formula is C6H9FN2O5. The summed E-state index contributed by atoms with van der Waals surface area (Å²) in [5.74, 6) is -3.76. The Balaban J connectivity index is 4.25. The summed E-state index contributed by atoms with van der Waals surface area (Å²) >= 11 is 0. The maximum absolute atomic E-state index is 12.9. The van der Waals surface area contributed by atoms with Gasteiger partial charge in [-0.05, 0) is 6.92 Å². The minimum atomic E-state index is -3.76. The van der Waals surface area contributed by atoms with Gasteiger partial charge in [-0.3, -0.25) is 20.2 Å². The van der Waals surface area contributed by atoms with E-state index in [1.807, 2.05) is 0 Å². The number of allylic oxidation sites excluding steroid dienone is 1. The molecule has 0 radical (unpaired) electrons. The van der Waals surface area contributed by atoms with E-state index in [0.29, 0.717) is 0 Å². The van der Waals surface area contributed by atoms with Crippen molar-refractivity contribution in [2.24, 2.45) is 0 Å². The van der Waals surface area contributed by atoms with Crippen molar-refractivity contribution in [2.45, 2.75) is 12.8 Å². The first-order chi connectivity index (χ1) is 6.45. The molecule has 0 rings (SSSR count). The van der Waals surface area contributed by atoms with Crippen LogP contribution in [0, 0.1) is 20.2 Å². The molecule has 0 bridgehead atoms. The van der Waals surface area contributed by atoms with Gasteiger partial charge in [0, 0.05) is 0 Å². The van der Waals surface area contributed by atoms with Crippen LogP contribution in [0.3, 0.4) is 0 Å². The average molecular weight is 208 g/mol. The van der Waals surface area contributed by atoms with Gasteiger partial charge in [0.15, 0.2) is 0 Å². The van der Waals surface area contributed by atoms with Crippen LogP contribution >= 0.6 is 0 Å². The average Bonchev–Trinajstić information content (AvgIpc) is 2.11. The zero-order chi connectivity index (χ0) is 11.2. The van der Waals surface area contributed by atoms with Crippen LogP contribution in [0.5, 0.6) is 0 Å². The molecule has 0 aromatic rings. The topological polar surface area (TPSA) is 95.5 Å². The third-order valence-electron chi connectivity index (χ3n) is 1.30. The van der Waals surface area contributed by atoms with Crippen molar-refractivity contribution in [2.75, 3.05) is 13.2 Å². The maximum atomic E-state index is 12.9. The summed E-state index contributed by atoms with van der Waals surface area (Å²) in [7, 11) is 0. The second kappa shape index (κ2) is 5.22. The molecule has 0 aliphatic carbocycles. The molecule has 0 unspecified atom stereocenters. The lowest BCUT2D eigenvalue weighted by Gasteiger charge is -2.07. The molecule has 0 aromatic carbocycles. The fourth-order valence-corrected chi connectivity index (χ4v) is 0.525. The van der Waals surface area contributed by atoms with Crippen LogP contribution in [-0.4, -0.2) is 29.0 Å². The Morgan fingerprint density at radius 2 is 1.93 bits per heavy atom. The van der Waals surface area contributed by atoms with Crippen LogP contribution in [0.1, 0.15) is 6.92 Å². The van der Waals surface area contributed by atoms with E-state index in [0.717, 1.165) is 0 Å². The van der Waals surface area contributed by atoms with Gasteiger partial charge < -0.3 is 4.74 Å². The zero-order valence-electron chi connectivity index (χ0n) is 7.38. The van der Waals surface area contributed by atoms with Crippen molar-refractivity contribution in [3.8, 4) is 0 Å². The molecule has 0 saturated heterocycles. The van der Waals surface area contributed by atoms with E-state index in [-0.39, 0.29) is 6.61 Å². The monoisotopic (exact) mass is 208 g/mol. The van der Waals surface area contributed by atoms with E-state index in [1.165, 1.54) is 6.08 Å². The van der Waals surface area contributed by atoms with Crippen molar-refractivity contribution in [3.05, 3.63) is 32.4 Å². The predicted molar refractivity (Wildman–Crippen MR) is 43.5 cm³/mol. The number of ether oxygens (including phenoxy) is 1. The highest BCUT2D eigenvalue weighted by atomic mass is 19.2. The first-order valence-electron chi connectivity index (χ1n) is 3.62. The molecule has 0 aliphatic rings. The van der Waals surface area contributed by atoms with Gasteiger partial charge in [0.2, 0.25) is 6.61 Å². The van der Waals surface area contributed by atoms with Gasteiger partial charge in [-0.25, -0.2) is 0 Å². The van der Waals surface area contributed by atoms with Gasteiger partial charge in [0.1, 0.15) is 9.85 Å². The molecule has 0 aliphatic heterocycles. The quantitative estimate of drug-likeness (QED) is 0.160. The lowest BCUT2D eigenvalue weighted by molar-refractivity contribution is -0.833. The second-order valence-corrected chi connectivity index (χ2v) is 2.32. The van der Waals surface area contributed by atoms with Gasteiger partial charge >= 0.3 is 5.92 Å². The van der Waals surface area contributed by atoms with Crippen LogP contribution in [0.2, 0.25) is 0 Å². The highest BCUT2D eigenvalue weighted by Gasteiger charge is 2.58. The molecule has 0 heterocycles. The van der Waals surface area contributed by atoms with Crippen molar-refractivity contribution >= 4 is 0 Å². The maximum Gasteiger partial charge on any atom is 0.637 e. The fourth-order valence-electron chi connectivity index (χ4n) is 0.525. The van der Waals surface area contributed by atoms with Crippen LogP contribution < -0.4 is 0 Å². The van der Waals surface area contributed by atoms with Crippen LogP contribution in [0.15, 0.2) is 12.2 Å². The number of hydrogen-bond acceptors (Lipinski definition) is 5. The summed E-state index contributed by atoms with van der Waals surface area (Å²) in [4.78, 5) is 16.8. The minimum absolute atomic E-state index is 0.107. The van der Waals surface area contributed by atoms with E-state index in [4.69, 9.17) is 0 Å². The molecule has 0 spiro atoms. The molecule has 7 nitrogen and oxygen atoms in total. The van der Waals surface area contributed by atoms with Gasteiger partial charge in [-0.1, -0.05) is 16.5 Å². The molecule has 0 saturated carbocycles. The number of nitrogens with zero attached hydrogens (tertiary/aromatic N) is 2. The van der Waals surface area contributed by atoms with Gasteiger partial charge in [-0.15, -0.1) is 0 Å². The first-order valence-corrected chi connectivity index (χ1v) is 3.62. The van der Waals surface area contributed by atoms with Crippen LogP contribution in [0.25, 0.3) is 0 Å². The number of alkyl halides is 1. The molecule has 0 atom stereocenters. The molecule has 14 heavy (non-hydrogen) atoms. The number of rotatable bonds is 6. The lowest BCUT2D eigenvalue weighted by Crippen LogP contribution is -2.46. The van der Waals surface area contributed by atoms with Gasteiger partial charge in [0.25, 0.3) is 0 Å². The summed E-state index contributed by atoms with van der Waals surface area (Å²) < 4.78 is 17.3. The molecule has 80 valence electrons. The van der Waals surface area contributed by atoms with Gasteiger partial charge in [-0.2, -0.15) is 0 Å². The van der Waals surface area contributed by atoms with E-state index in [9.17, 15) is 24.6 Å². The summed E-state index contributed by atoms with van der Waals surface area (Å²) in [6.45, 7) is 0.342. The largest absolute Gasteiger partial charge is 0.637 e. The minimum Gasteiger partial charge on any atom is -0.359 e. The van der Waals surface area contributed by atoms with Crippen molar-refractivity contribution in [1.82, 2.24) is 0 Å². The van der Waals surface area contributed by atoms with E-state index < -0.39 is 22.4 Å². The fraction of sp³-hybridized carbons (Fsp3) is 0.667. The number of halogens is 1. The highest BCUT2D eigenvalue weighted by molar-refractivity contribution is 4.76. The second-order valence-electron chi connectivity index (χ2n) is 2.32. The molecule has 0 amide bonds. The molecule has 8 heteroatoms. The SMILES string of the molecule is C/C=C/COCC(F)([N+](=O)[O-])[N+](=O)[O-]. The van der Waals surface area contributed by atoms with Crippen LogP contribution in [-0.2, 0) is 4.74 Å². The third kappa shape index (κ3) is 3.05. The lowest BCUT2D eigenvalue weighted by atomic mass is 10.5. The predicted octanol–water partition coefficient (Wildman–Crippen LogP) is 0.756. The van der Waals surface area contributed by atoms with Crippen molar-refractivity contribution in [1.29, 1.82) is 0 Å². The highest BCUT2D eigenvalue weighted by Crippen LogP contribution is 2.13. The Morgan fingerprint density at radius 1 is 1.43 bits per heavy atom. The number of hydrogen-bond donors (Lipinski definition) is 0. The Bertz CT molecular complexity index is 241. The summed E-state index contributed by atoms with van der Waals surface area (Å²) in [6.07, 6.45) is 3.01. The van der Waals surface area contributed by atoms with Crippen molar-refractivity contribution in [3.63, 3.8) is 0 Å². The molecule has 0 aromatic heterocycles. The van der Waals surface area contributed by atoms with Crippen molar-refractivity contribution < 1.29 is 19.0 Å². The number of nitro groups is 2. The summed E-state index contributed by atoms with van der Waals surface area (Å²) in [6, 6.07) is 0. The zero-order valence-corrected chi connectivity index (χ0v) is 7.38. The summed E-state index contributed by atoms with van der Waals surface area (Å²) in [5.41, 5.74) is 0. The Kier molecular flexibility index (Phi) is 4.64. The molecular weight excluding hydrogens is 199 g/mol. The Hall–Kier alpha value is -1.57. The Labute approximate surface area is 78.5 Å². The van der Waals surface area contributed by atoms with Crippen LogP contribution in [0.4, 0.5) is 4.39 Å². The smallest absolute Gasteiger partial charge is 0.359 e. The first kappa shape index (κ1) is 12.4. The molecule has 0 fully saturated rings. The standard InChI is InChI=1S/C6H9FN2O5/c1-2-3-4-14-5-6(7,8(10)11)9(12)13/h2-3H,4-5H2,1H3/b3-2+. The summed E-state index contributed by atoms with van der Waals surface area (Å²) in [5, 5.41) is 20.0. The van der Waals surface area contributed by atoms with E-state index in [2.05, 4.69) is 4.74 Å². The van der Waals surface area contributed by atoms with E-state index >= 15 is 0 Å². The van der Waals surface area contributed by atoms with Gasteiger partial charge in [0.05, 0.1) is 6.61 Å². The Morgan fingerprint density at radius 3 is 2.29 bits per heavy atom. The normalized spacial score (nSPS) is 11.9. The van der Waals surface area contributed by atoms with E-state index in [1.54, 1.807) is 13.0 Å². The molecule has 0 N–H and O–H groups in total.